The van der Waals surface area contributed by atoms with E-state index < -0.39 is 9.84 Å². The molecule has 0 spiro atoms. The molecule has 3 aromatic rings. The molecule has 0 aliphatic carbocycles. The number of carbonyl (C=O) groups is 1. The number of urea groups is 1. The number of hydrogen-bond donors (Lipinski definition) is 1. The normalized spacial score (nSPS) is 11.2. The summed E-state index contributed by atoms with van der Waals surface area (Å²) in [6, 6.07) is 18.6. The summed E-state index contributed by atoms with van der Waals surface area (Å²) in [6.45, 7) is 0.411. The molecule has 146 valence electrons. The Morgan fingerprint density at radius 3 is 2.36 bits per heavy atom. The fourth-order valence-corrected chi connectivity index (χ4v) is 4.65. The van der Waals surface area contributed by atoms with Gasteiger partial charge in [0.1, 0.15) is 0 Å². The minimum atomic E-state index is -3.53. The van der Waals surface area contributed by atoms with Gasteiger partial charge in [0.05, 0.1) is 17.2 Å². The van der Waals surface area contributed by atoms with Crippen molar-refractivity contribution in [2.45, 2.75) is 11.4 Å². The van der Waals surface area contributed by atoms with E-state index in [0.29, 0.717) is 17.3 Å². The van der Waals surface area contributed by atoms with Crippen LogP contribution in [0.3, 0.4) is 0 Å². The van der Waals surface area contributed by atoms with Crippen LogP contribution in [0.4, 0.5) is 10.5 Å². The average molecular weight is 435 g/mol. The lowest BCUT2D eigenvalue weighted by Crippen LogP contribution is -2.37. The number of para-hydroxylation sites is 1. The Kier molecular flexibility index (Phi) is 6.72. The molecule has 8 heteroatoms. The molecule has 0 saturated heterocycles. The molecular weight excluding hydrogens is 416 g/mol. The van der Waals surface area contributed by atoms with Crippen molar-refractivity contribution in [3.63, 3.8) is 0 Å². The van der Waals surface area contributed by atoms with Crippen molar-refractivity contribution < 1.29 is 13.2 Å². The van der Waals surface area contributed by atoms with E-state index >= 15 is 0 Å². The Hall–Kier alpha value is -2.35. The molecule has 28 heavy (non-hydrogen) atoms. The van der Waals surface area contributed by atoms with Gasteiger partial charge in [-0.05, 0) is 47.8 Å². The molecular formula is C20H19ClN2O3S2. The van der Waals surface area contributed by atoms with Gasteiger partial charge in [0.2, 0.25) is 0 Å². The number of hydrogen-bond acceptors (Lipinski definition) is 4. The molecule has 1 aromatic heterocycles. The fraction of sp³-hybridized carbons (Fsp3) is 0.150. The minimum Gasteiger partial charge on any atom is -0.318 e. The lowest BCUT2D eigenvalue weighted by atomic mass is 10.3. The minimum absolute atomic E-state index is 0.0710. The first kappa shape index (κ1) is 20.4. The third kappa shape index (κ3) is 5.58. The van der Waals surface area contributed by atoms with Gasteiger partial charge < -0.3 is 10.2 Å². The summed E-state index contributed by atoms with van der Waals surface area (Å²) in [4.78, 5) is 15.4. The zero-order chi connectivity index (χ0) is 20.0. The molecule has 3 rings (SSSR count). The number of carbonyl (C=O) groups excluding carboxylic acids is 1. The first-order chi connectivity index (χ1) is 13.4. The van der Waals surface area contributed by atoms with E-state index in [1.807, 2.05) is 35.7 Å². The molecule has 0 atom stereocenters. The molecule has 0 aliphatic rings. The maximum absolute atomic E-state index is 12.7. The third-order valence-electron chi connectivity index (χ3n) is 4.04. The smallest absolute Gasteiger partial charge is 0.318 e. The Bertz CT molecular complexity index is 1010. The van der Waals surface area contributed by atoms with Crippen LogP contribution < -0.4 is 5.32 Å². The summed E-state index contributed by atoms with van der Waals surface area (Å²) in [5, 5.41) is 5.21. The van der Waals surface area contributed by atoms with Crippen molar-refractivity contribution in [3.05, 3.63) is 82.0 Å². The molecule has 0 radical (unpaired) electrons. The Morgan fingerprint density at radius 1 is 1.00 bits per heavy atom. The number of amides is 2. The monoisotopic (exact) mass is 434 g/mol. The Labute approximate surface area is 173 Å². The zero-order valence-corrected chi connectivity index (χ0v) is 17.3. The topological polar surface area (TPSA) is 66.5 Å². The zero-order valence-electron chi connectivity index (χ0n) is 14.9. The highest BCUT2D eigenvalue weighted by Gasteiger charge is 2.20. The molecule has 0 fully saturated rings. The van der Waals surface area contributed by atoms with Gasteiger partial charge in [-0.1, -0.05) is 35.9 Å². The highest BCUT2D eigenvalue weighted by Crippen LogP contribution is 2.18. The molecule has 0 aliphatic heterocycles. The van der Waals surface area contributed by atoms with Gasteiger partial charge in [-0.3, -0.25) is 0 Å². The van der Waals surface area contributed by atoms with E-state index in [2.05, 4.69) is 5.32 Å². The number of nitrogens with zero attached hydrogens (tertiary/aromatic N) is 1. The van der Waals surface area contributed by atoms with Crippen LogP contribution in [0, 0.1) is 0 Å². The highest BCUT2D eigenvalue weighted by atomic mass is 35.5. The van der Waals surface area contributed by atoms with Gasteiger partial charge in [0.15, 0.2) is 9.84 Å². The van der Waals surface area contributed by atoms with Crippen LogP contribution in [-0.2, 0) is 16.4 Å². The van der Waals surface area contributed by atoms with Gasteiger partial charge in [0, 0.05) is 22.1 Å². The van der Waals surface area contributed by atoms with Crippen molar-refractivity contribution in [1.29, 1.82) is 0 Å². The van der Waals surface area contributed by atoms with Crippen LogP contribution in [0.25, 0.3) is 0 Å². The summed E-state index contributed by atoms with van der Waals surface area (Å²) in [5.74, 6) is -0.178. The summed E-state index contributed by atoms with van der Waals surface area (Å²) >= 11 is 7.35. The molecule has 5 nitrogen and oxygen atoms in total. The van der Waals surface area contributed by atoms with Gasteiger partial charge in [0.25, 0.3) is 0 Å². The first-order valence-electron chi connectivity index (χ1n) is 8.56. The maximum Gasteiger partial charge on any atom is 0.322 e. The summed E-state index contributed by atoms with van der Waals surface area (Å²) < 4.78 is 25.3. The fourth-order valence-electron chi connectivity index (χ4n) is 2.56. The van der Waals surface area contributed by atoms with E-state index in [1.54, 1.807) is 24.3 Å². The van der Waals surface area contributed by atoms with E-state index in [0.717, 1.165) is 4.88 Å². The highest BCUT2D eigenvalue weighted by molar-refractivity contribution is 7.91. The number of nitrogens with one attached hydrogen (secondary N) is 1. The van der Waals surface area contributed by atoms with Crippen LogP contribution in [0.15, 0.2) is 77.0 Å². The number of rotatable bonds is 7. The van der Waals surface area contributed by atoms with Crippen molar-refractivity contribution in [2.75, 3.05) is 17.6 Å². The number of anilines is 1. The van der Waals surface area contributed by atoms with Crippen molar-refractivity contribution in [3.8, 4) is 0 Å². The second-order valence-corrected chi connectivity index (χ2v) is 9.65. The van der Waals surface area contributed by atoms with E-state index in [-0.39, 0.29) is 23.2 Å². The molecule has 2 aromatic carbocycles. The van der Waals surface area contributed by atoms with E-state index in [1.165, 1.54) is 28.4 Å². The van der Waals surface area contributed by atoms with E-state index in [4.69, 9.17) is 11.6 Å². The van der Waals surface area contributed by atoms with Crippen LogP contribution >= 0.6 is 22.9 Å². The van der Waals surface area contributed by atoms with Gasteiger partial charge in [-0.25, -0.2) is 13.2 Å². The predicted molar refractivity (Wildman–Crippen MR) is 114 cm³/mol. The van der Waals surface area contributed by atoms with Crippen LogP contribution in [0.1, 0.15) is 4.88 Å². The summed E-state index contributed by atoms with van der Waals surface area (Å²) in [7, 11) is -3.53. The SMILES string of the molecule is O=C(Nc1ccccc1)N(CCS(=O)(=O)c1ccc(Cl)cc1)Cc1cccs1. The number of benzene rings is 2. The summed E-state index contributed by atoms with van der Waals surface area (Å²) in [5.41, 5.74) is 0.657. The van der Waals surface area contributed by atoms with Crippen molar-refractivity contribution in [2.24, 2.45) is 0 Å². The maximum atomic E-state index is 12.7. The molecule has 1 heterocycles. The second kappa shape index (κ2) is 9.23. The quantitative estimate of drug-likeness (QED) is 0.574. The van der Waals surface area contributed by atoms with Crippen molar-refractivity contribution in [1.82, 2.24) is 4.90 Å². The molecule has 0 unspecified atom stereocenters. The predicted octanol–water partition coefficient (Wildman–Crippen LogP) is 4.91. The number of halogens is 1. The number of thiophene rings is 1. The standard InChI is InChI=1S/C20H19ClN2O3S2/c21-16-8-10-19(11-9-16)28(25,26)14-12-23(15-18-7-4-13-27-18)20(24)22-17-5-2-1-3-6-17/h1-11,13H,12,14-15H2,(H,22,24). The van der Waals surface area contributed by atoms with Crippen molar-refractivity contribution >= 4 is 44.5 Å². The Balaban J connectivity index is 1.73. The van der Waals surface area contributed by atoms with Gasteiger partial charge >= 0.3 is 6.03 Å². The molecule has 0 saturated carbocycles. The third-order valence-corrected chi connectivity index (χ3v) is 6.87. The van der Waals surface area contributed by atoms with Gasteiger partial charge in [-0.15, -0.1) is 11.3 Å². The first-order valence-corrected chi connectivity index (χ1v) is 11.5. The lowest BCUT2D eigenvalue weighted by molar-refractivity contribution is 0.213. The lowest BCUT2D eigenvalue weighted by Gasteiger charge is -2.22. The largest absolute Gasteiger partial charge is 0.322 e. The second-order valence-electron chi connectivity index (χ2n) is 6.07. The van der Waals surface area contributed by atoms with E-state index in [9.17, 15) is 13.2 Å². The number of sulfone groups is 1. The Morgan fingerprint density at radius 2 is 1.71 bits per heavy atom. The molecule has 1 N–H and O–H groups in total. The van der Waals surface area contributed by atoms with Crippen LogP contribution in [-0.4, -0.2) is 31.6 Å². The van der Waals surface area contributed by atoms with Gasteiger partial charge in [-0.2, -0.15) is 0 Å². The van der Waals surface area contributed by atoms with Crippen LogP contribution in [0.5, 0.6) is 0 Å². The summed E-state index contributed by atoms with van der Waals surface area (Å²) in [6.07, 6.45) is 0. The van der Waals surface area contributed by atoms with Crippen LogP contribution in [0.2, 0.25) is 5.02 Å². The molecule has 2 amide bonds. The molecule has 0 bridgehead atoms. The average Bonchev–Trinajstić information content (AvgIpc) is 3.19.